The molecule has 4 N–H and O–H groups in total. The van der Waals surface area contributed by atoms with Crippen molar-refractivity contribution in [2.45, 2.75) is 20.3 Å². The van der Waals surface area contributed by atoms with Crippen LogP contribution in [0.2, 0.25) is 5.02 Å². The van der Waals surface area contributed by atoms with Gasteiger partial charge in [-0.05, 0) is 47.2 Å². The summed E-state index contributed by atoms with van der Waals surface area (Å²) >= 11 is 8.33. The molecule has 0 fully saturated rings. The number of oxime groups is 1. The summed E-state index contributed by atoms with van der Waals surface area (Å²) in [6.45, 7) is 4.56. The number of amidine groups is 1. The Kier molecular flexibility index (Phi) is 5.52. The molecule has 0 saturated carbocycles. The lowest BCUT2D eigenvalue weighted by molar-refractivity contribution is 0.306. The third kappa shape index (κ3) is 4.20. The summed E-state index contributed by atoms with van der Waals surface area (Å²) in [4.78, 5) is 0. The van der Waals surface area contributed by atoms with Gasteiger partial charge in [-0.25, -0.2) is 0 Å². The molecule has 1 aromatic carbocycles. The average molecular weight is 382 g/mol. The average Bonchev–Trinajstić information content (AvgIpc) is 2.30. The fourth-order valence-corrected chi connectivity index (χ4v) is 2.33. The predicted molar refractivity (Wildman–Crippen MR) is 84.5 cm³/mol. The van der Waals surface area contributed by atoms with Crippen molar-refractivity contribution in [1.82, 2.24) is 0 Å². The third-order valence-corrected chi connectivity index (χ3v) is 3.78. The van der Waals surface area contributed by atoms with E-state index < -0.39 is 0 Å². The first-order chi connectivity index (χ1) is 8.36. The van der Waals surface area contributed by atoms with Crippen LogP contribution in [0.15, 0.2) is 23.4 Å². The molecule has 1 rings (SSSR count). The van der Waals surface area contributed by atoms with Crippen LogP contribution in [0.5, 0.6) is 0 Å². The second-order valence-corrected chi connectivity index (χ2v) is 6.32. The van der Waals surface area contributed by atoms with Crippen molar-refractivity contribution < 1.29 is 5.21 Å². The summed E-state index contributed by atoms with van der Waals surface area (Å²) in [6.07, 6.45) is 0.741. The van der Waals surface area contributed by atoms with Crippen molar-refractivity contribution in [1.29, 1.82) is 0 Å². The van der Waals surface area contributed by atoms with E-state index in [0.29, 0.717) is 11.6 Å². The van der Waals surface area contributed by atoms with E-state index in [1.165, 1.54) is 0 Å². The van der Waals surface area contributed by atoms with Gasteiger partial charge in [-0.1, -0.05) is 30.6 Å². The highest BCUT2D eigenvalue weighted by atomic mass is 127. The molecule has 0 bridgehead atoms. The fourth-order valence-electron chi connectivity index (χ4n) is 1.41. The first kappa shape index (κ1) is 15.4. The molecule has 0 amide bonds. The van der Waals surface area contributed by atoms with Gasteiger partial charge in [-0.3, -0.25) is 0 Å². The maximum absolute atomic E-state index is 8.68. The number of hydrogen-bond donors (Lipinski definition) is 3. The molecule has 0 heterocycles. The number of benzene rings is 1. The Balaban J connectivity index is 2.57. The minimum atomic E-state index is -0.350. The van der Waals surface area contributed by atoms with E-state index in [1.807, 2.05) is 32.0 Å². The minimum absolute atomic E-state index is 0.234. The highest BCUT2D eigenvalue weighted by molar-refractivity contribution is 14.1. The Morgan fingerprint density at radius 1 is 1.56 bits per heavy atom. The van der Waals surface area contributed by atoms with Crippen molar-refractivity contribution in [2.75, 3.05) is 11.9 Å². The van der Waals surface area contributed by atoms with Gasteiger partial charge >= 0.3 is 0 Å². The van der Waals surface area contributed by atoms with Crippen molar-refractivity contribution in [3.63, 3.8) is 0 Å². The zero-order chi connectivity index (χ0) is 13.8. The van der Waals surface area contributed by atoms with Crippen LogP contribution in [0.1, 0.15) is 20.3 Å². The zero-order valence-corrected chi connectivity index (χ0v) is 13.3. The zero-order valence-electron chi connectivity index (χ0n) is 10.4. The van der Waals surface area contributed by atoms with Gasteiger partial charge in [0.1, 0.15) is 5.84 Å². The first-order valence-electron chi connectivity index (χ1n) is 5.54. The lowest BCUT2D eigenvalue weighted by Crippen LogP contribution is -2.33. The quantitative estimate of drug-likeness (QED) is 0.240. The smallest absolute Gasteiger partial charge is 0.144 e. The molecule has 0 radical (unpaired) electrons. The largest absolute Gasteiger partial charge is 0.409 e. The van der Waals surface area contributed by atoms with Crippen LogP contribution in [0.3, 0.4) is 0 Å². The van der Waals surface area contributed by atoms with E-state index in [9.17, 15) is 0 Å². The van der Waals surface area contributed by atoms with Crippen LogP contribution >= 0.6 is 34.2 Å². The van der Waals surface area contributed by atoms with Gasteiger partial charge < -0.3 is 16.3 Å². The summed E-state index contributed by atoms with van der Waals surface area (Å²) in [5.41, 5.74) is 6.17. The highest BCUT2D eigenvalue weighted by Gasteiger charge is 2.22. The molecule has 4 nitrogen and oxygen atoms in total. The van der Waals surface area contributed by atoms with Crippen molar-refractivity contribution >= 4 is 45.7 Å². The van der Waals surface area contributed by atoms with Crippen LogP contribution in [0, 0.1) is 8.99 Å². The molecule has 100 valence electrons. The summed E-state index contributed by atoms with van der Waals surface area (Å²) < 4.78 is 1.10. The van der Waals surface area contributed by atoms with E-state index in [4.69, 9.17) is 22.5 Å². The number of hydrogen-bond acceptors (Lipinski definition) is 3. The Morgan fingerprint density at radius 3 is 2.78 bits per heavy atom. The van der Waals surface area contributed by atoms with E-state index in [2.05, 4.69) is 33.1 Å². The molecule has 0 unspecified atom stereocenters. The van der Waals surface area contributed by atoms with Gasteiger partial charge in [0.25, 0.3) is 0 Å². The van der Waals surface area contributed by atoms with Crippen LogP contribution < -0.4 is 11.1 Å². The van der Waals surface area contributed by atoms with Gasteiger partial charge in [0.15, 0.2) is 0 Å². The molecule has 0 aliphatic rings. The van der Waals surface area contributed by atoms with Gasteiger partial charge in [0, 0.05) is 15.5 Å². The van der Waals surface area contributed by atoms with E-state index in [-0.39, 0.29) is 11.3 Å². The molecule has 1 aromatic rings. The van der Waals surface area contributed by atoms with E-state index in [1.54, 1.807) is 0 Å². The second kappa shape index (κ2) is 6.47. The summed E-state index contributed by atoms with van der Waals surface area (Å²) in [5, 5.41) is 15.7. The van der Waals surface area contributed by atoms with Crippen molar-refractivity contribution in [3.8, 4) is 0 Å². The number of anilines is 1. The molecule has 0 atom stereocenters. The monoisotopic (exact) mass is 381 g/mol. The summed E-state index contributed by atoms with van der Waals surface area (Å²) in [5.74, 6) is 0.234. The van der Waals surface area contributed by atoms with Crippen molar-refractivity contribution in [3.05, 3.63) is 26.8 Å². The van der Waals surface area contributed by atoms with Crippen molar-refractivity contribution in [2.24, 2.45) is 16.3 Å². The molecule has 0 aromatic heterocycles. The number of nitrogens with two attached hydrogens (primary N) is 1. The molecule has 0 spiro atoms. The number of rotatable bonds is 5. The molecule has 18 heavy (non-hydrogen) atoms. The predicted octanol–water partition coefficient (Wildman–Crippen LogP) is 3.52. The van der Waals surface area contributed by atoms with Crippen LogP contribution in [-0.4, -0.2) is 17.6 Å². The molecule has 6 heteroatoms. The maximum Gasteiger partial charge on any atom is 0.144 e. The number of nitrogens with one attached hydrogen (secondary N) is 1. The fraction of sp³-hybridized carbons (Fsp3) is 0.417. The molecule has 0 aliphatic carbocycles. The minimum Gasteiger partial charge on any atom is -0.409 e. The Bertz CT molecular complexity index is 449. The standard InChI is InChI=1S/C12H17ClIN3O/c1-12(2,11(15)17-18)5-6-16-10-4-3-8(14)7-9(10)13/h3-4,7,16,18H,5-6H2,1-2H3,(H2,15,17). The lowest BCUT2D eigenvalue weighted by Gasteiger charge is -2.23. The van der Waals surface area contributed by atoms with Crippen LogP contribution in [0.4, 0.5) is 5.69 Å². The van der Waals surface area contributed by atoms with Gasteiger partial charge in [-0.15, -0.1) is 0 Å². The molecular weight excluding hydrogens is 365 g/mol. The summed E-state index contributed by atoms with van der Waals surface area (Å²) in [7, 11) is 0. The SMILES string of the molecule is CC(C)(CCNc1ccc(I)cc1Cl)/C(N)=N/O. The first-order valence-corrected chi connectivity index (χ1v) is 6.99. The normalized spacial score (nSPS) is 12.6. The van der Waals surface area contributed by atoms with Gasteiger partial charge in [0.2, 0.25) is 0 Å². The number of nitrogens with zero attached hydrogens (tertiary/aromatic N) is 1. The van der Waals surface area contributed by atoms with Crippen LogP contribution in [0.25, 0.3) is 0 Å². The van der Waals surface area contributed by atoms with Crippen LogP contribution in [-0.2, 0) is 0 Å². The second-order valence-electron chi connectivity index (χ2n) is 4.67. The topological polar surface area (TPSA) is 70.6 Å². The summed E-state index contributed by atoms with van der Waals surface area (Å²) in [6, 6.07) is 5.84. The highest BCUT2D eigenvalue weighted by Crippen LogP contribution is 2.25. The Morgan fingerprint density at radius 2 is 2.22 bits per heavy atom. The van der Waals surface area contributed by atoms with Gasteiger partial charge in [0.05, 0.1) is 10.7 Å². The maximum atomic E-state index is 8.68. The van der Waals surface area contributed by atoms with Gasteiger partial charge in [-0.2, -0.15) is 0 Å². The Labute approximate surface area is 126 Å². The van der Waals surface area contributed by atoms with E-state index >= 15 is 0 Å². The molecular formula is C12H17ClIN3O. The number of halogens is 2. The molecule has 0 saturated heterocycles. The van der Waals surface area contributed by atoms with E-state index in [0.717, 1.165) is 15.7 Å². The Hall–Kier alpha value is -0.690. The third-order valence-electron chi connectivity index (χ3n) is 2.80. The molecule has 0 aliphatic heterocycles. The lowest BCUT2D eigenvalue weighted by atomic mass is 9.88.